The summed E-state index contributed by atoms with van der Waals surface area (Å²) in [7, 11) is 0. The van der Waals surface area contributed by atoms with E-state index in [-0.39, 0.29) is 12.2 Å². The number of amides is 1. The van der Waals surface area contributed by atoms with Crippen molar-refractivity contribution in [2.24, 2.45) is 0 Å². The maximum absolute atomic E-state index is 13.3. The van der Waals surface area contributed by atoms with Crippen LogP contribution in [0.4, 0.5) is 10.5 Å². The fraction of sp³-hybridized carbons (Fsp3) is 0.133. The molecule has 0 aliphatic carbocycles. The van der Waals surface area contributed by atoms with Gasteiger partial charge < -0.3 is 19.7 Å². The van der Waals surface area contributed by atoms with Crippen molar-refractivity contribution < 1.29 is 29.3 Å². The van der Waals surface area contributed by atoms with Crippen molar-refractivity contribution in [1.82, 2.24) is 0 Å². The smallest absolute Gasteiger partial charge is 0.412 e. The van der Waals surface area contributed by atoms with Gasteiger partial charge in [0.25, 0.3) is 0 Å². The minimum absolute atomic E-state index is 0.107. The van der Waals surface area contributed by atoms with Gasteiger partial charge in [-0.2, -0.15) is 0 Å². The molecule has 0 unspecified atom stereocenters. The summed E-state index contributed by atoms with van der Waals surface area (Å²) in [4.78, 5) is 24.3. The molecule has 3 N–H and O–H groups in total. The van der Waals surface area contributed by atoms with E-state index in [4.69, 9.17) is 14.6 Å². The van der Waals surface area contributed by atoms with E-state index >= 15 is 0 Å². The Labute approximate surface area is 242 Å². The van der Waals surface area contributed by atoms with Crippen LogP contribution in [-0.4, -0.2) is 28.4 Å². The second-order valence-electron chi connectivity index (χ2n) is 8.59. The number of aromatic hydroxyl groups is 1. The van der Waals surface area contributed by atoms with Crippen LogP contribution in [0.2, 0.25) is 0 Å². The average molecular weight is 655 g/mol. The average Bonchev–Trinajstić information content (AvgIpc) is 2.92. The number of anilines is 1. The number of allylic oxidation sites excluding steroid dienone is 1. The normalized spacial score (nSPS) is 12.7. The molecule has 39 heavy (non-hydrogen) atoms. The molecule has 0 saturated heterocycles. The quantitative estimate of drug-likeness (QED) is 0.149. The third kappa shape index (κ3) is 7.61. The molecule has 0 heterocycles. The number of fused-ring (bicyclic) bond motifs is 1. The second kappa shape index (κ2) is 13.3. The first-order valence-electron chi connectivity index (χ1n) is 12.1. The number of hydrogen-bond donors (Lipinski definition) is 3. The standard InChI is InChI=1S/C30H25Br2NO6/c31-20-17-23(28(36)24(32)18-20)29(26(15-6-7-16-27(34)35)38-21-11-2-1-3-12-21)39-30(37)33-25-14-8-10-19-9-4-5-13-22(19)25/h1-5,7-14,16-18,26,29,36H,6,15H2,(H,33,37)(H,34,35)/b16-7+/t26-,29-/m1/s1. The van der Waals surface area contributed by atoms with Gasteiger partial charge in [-0.1, -0.05) is 76.6 Å². The highest BCUT2D eigenvalue weighted by Gasteiger charge is 2.32. The van der Waals surface area contributed by atoms with Crippen LogP contribution in [0.15, 0.2) is 106 Å². The number of para-hydroxylation sites is 1. The zero-order valence-electron chi connectivity index (χ0n) is 20.6. The molecule has 9 heteroatoms. The van der Waals surface area contributed by atoms with E-state index in [0.29, 0.717) is 32.4 Å². The van der Waals surface area contributed by atoms with Crippen LogP contribution in [0, 0.1) is 0 Å². The Morgan fingerprint density at radius 1 is 0.949 bits per heavy atom. The molecule has 7 nitrogen and oxygen atoms in total. The summed E-state index contributed by atoms with van der Waals surface area (Å²) >= 11 is 6.80. The molecule has 200 valence electrons. The number of phenolic OH excluding ortho intramolecular Hbond substituents is 1. The van der Waals surface area contributed by atoms with Gasteiger partial charge in [0.2, 0.25) is 0 Å². The fourth-order valence-corrected chi connectivity index (χ4v) is 5.38. The topological polar surface area (TPSA) is 105 Å². The number of aliphatic carboxylic acids is 1. The Hall–Kier alpha value is -3.82. The van der Waals surface area contributed by atoms with Gasteiger partial charge in [0, 0.05) is 21.5 Å². The molecule has 4 aromatic carbocycles. The van der Waals surface area contributed by atoms with Crippen LogP contribution in [0.3, 0.4) is 0 Å². The molecule has 0 bridgehead atoms. The van der Waals surface area contributed by atoms with Crippen LogP contribution in [-0.2, 0) is 9.53 Å². The van der Waals surface area contributed by atoms with Crippen LogP contribution in [0.5, 0.6) is 11.5 Å². The van der Waals surface area contributed by atoms with E-state index in [1.807, 2.05) is 54.6 Å². The molecule has 2 atom stereocenters. The van der Waals surface area contributed by atoms with Gasteiger partial charge in [0.1, 0.15) is 17.6 Å². The number of carboxylic acid groups (broad SMARTS) is 1. The third-order valence-electron chi connectivity index (χ3n) is 5.87. The van der Waals surface area contributed by atoms with Crippen LogP contribution in [0.1, 0.15) is 24.5 Å². The van der Waals surface area contributed by atoms with Gasteiger partial charge in [-0.05, 0) is 64.5 Å². The summed E-state index contributed by atoms with van der Waals surface area (Å²) in [6.07, 6.45) is 0.584. The van der Waals surface area contributed by atoms with Gasteiger partial charge in [-0.25, -0.2) is 9.59 Å². The molecule has 0 aliphatic rings. The fourth-order valence-electron chi connectivity index (χ4n) is 4.12. The molecular formula is C30H25Br2NO6. The van der Waals surface area contributed by atoms with E-state index in [1.165, 1.54) is 6.08 Å². The lowest BCUT2D eigenvalue weighted by Gasteiger charge is -2.29. The highest BCUT2D eigenvalue weighted by atomic mass is 79.9. The predicted molar refractivity (Wildman–Crippen MR) is 157 cm³/mol. The number of carboxylic acids is 1. The van der Waals surface area contributed by atoms with Crippen molar-refractivity contribution in [3.8, 4) is 11.5 Å². The largest absolute Gasteiger partial charge is 0.506 e. The minimum atomic E-state index is -1.06. The van der Waals surface area contributed by atoms with Crippen LogP contribution >= 0.6 is 31.9 Å². The Balaban J connectivity index is 1.70. The third-order valence-corrected chi connectivity index (χ3v) is 6.93. The molecule has 0 saturated carbocycles. The Morgan fingerprint density at radius 3 is 2.44 bits per heavy atom. The number of benzene rings is 4. The van der Waals surface area contributed by atoms with E-state index in [1.54, 1.807) is 30.3 Å². The molecular weight excluding hydrogens is 630 g/mol. The van der Waals surface area contributed by atoms with Crippen molar-refractivity contribution >= 4 is 60.4 Å². The lowest BCUT2D eigenvalue weighted by molar-refractivity contribution is -0.131. The molecule has 0 spiro atoms. The first kappa shape index (κ1) is 28.2. The number of ether oxygens (including phenoxy) is 2. The van der Waals surface area contributed by atoms with E-state index in [0.717, 1.165) is 16.8 Å². The predicted octanol–water partition coefficient (Wildman–Crippen LogP) is 8.23. The van der Waals surface area contributed by atoms with Crippen molar-refractivity contribution in [2.45, 2.75) is 25.0 Å². The van der Waals surface area contributed by atoms with E-state index in [2.05, 4.69) is 37.2 Å². The Bertz CT molecular complexity index is 1490. The highest BCUT2D eigenvalue weighted by Crippen LogP contribution is 2.40. The summed E-state index contributed by atoms with van der Waals surface area (Å²) in [5, 5.41) is 24.6. The molecule has 0 fully saturated rings. The summed E-state index contributed by atoms with van der Waals surface area (Å²) in [5.41, 5.74) is 0.883. The molecule has 4 aromatic rings. The van der Waals surface area contributed by atoms with Crippen molar-refractivity contribution in [2.75, 3.05) is 5.32 Å². The minimum Gasteiger partial charge on any atom is -0.506 e. The van der Waals surface area contributed by atoms with Crippen molar-refractivity contribution in [3.63, 3.8) is 0 Å². The maximum Gasteiger partial charge on any atom is 0.412 e. The SMILES string of the molecule is O=C(O)/C=C/CC[C@@H](Oc1ccccc1)[C@H](OC(=O)Nc1cccc2ccccc12)c1cc(Br)cc(Br)c1O. The Morgan fingerprint density at radius 2 is 1.67 bits per heavy atom. The zero-order chi connectivity index (χ0) is 27.8. The Kier molecular flexibility index (Phi) is 9.62. The van der Waals surface area contributed by atoms with Gasteiger partial charge in [-0.15, -0.1) is 0 Å². The van der Waals surface area contributed by atoms with Crippen LogP contribution < -0.4 is 10.1 Å². The number of halogens is 2. The summed E-state index contributed by atoms with van der Waals surface area (Å²) in [6.45, 7) is 0. The lowest BCUT2D eigenvalue weighted by Crippen LogP contribution is -2.31. The molecule has 1 amide bonds. The highest BCUT2D eigenvalue weighted by molar-refractivity contribution is 9.11. The second-order valence-corrected chi connectivity index (χ2v) is 10.4. The lowest BCUT2D eigenvalue weighted by atomic mass is 9.99. The van der Waals surface area contributed by atoms with Gasteiger partial charge >= 0.3 is 12.1 Å². The number of rotatable bonds is 10. The monoisotopic (exact) mass is 653 g/mol. The van der Waals surface area contributed by atoms with Crippen LogP contribution in [0.25, 0.3) is 10.8 Å². The molecule has 0 radical (unpaired) electrons. The van der Waals surface area contributed by atoms with Gasteiger partial charge in [-0.3, -0.25) is 5.32 Å². The van der Waals surface area contributed by atoms with Crippen molar-refractivity contribution in [3.05, 3.63) is 112 Å². The maximum atomic E-state index is 13.3. The summed E-state index contributed by atoms with van der Waals surface area (Å²) < 4.78 is 13.3. The number of carbonyl (C=O) groups excluding carboxylic acids is 1. The van der Waals surface area contributed by atoms with E-state index in [9.17, 15) is 14.7 Å². The van der Waals surface area contributed by atoms with Crippen molar-refractivity contribution in [1.29, 1.82) is 0 Å². The molecule has 0 aromatic heterocycles. The van der Waals surface area contributed by atoms with Gasteiger partial charge in [0.15, 0.2) is 6.10 Å². The number of phenols is 1. The number of hydrogen-bond acceptors (Lipinski definition) is 5. The number of nitrogens with one attached hydrogen (secondary N) is 1. The zero-order valence-corrected chi connectivity index (χ0v) is 23.8. The molecule has 0 aliphatic heterocycles. The first-order valence-corrected chi connectivity index (χ1v) is 13.6. The van der Waals surface area contributed by atoms with E-state index < -0.39 is 24.3 Å². The summed E-state index contributed by atoms with van der Waals surface area (Å²) in [6, 6.07) is 25.5. The van der Waals surface area contributed by atoms with Gasteiger partial charge in [0.05, 0.1) is 10.2 Å². The molecule has 4 rings (SSSR count). The first-order chi connectivity index (χ1) is 18.8. The summed E-state index contributed by atoms with van der Waals surface area (Å²) in [5.74, 6) is -0.642. The number of carbonyl (C=O) groups is 2.